The predicted molar refractivity (Wildman–Crippen MR) is 110 cm³/mol. The van der Waals surface area contributed by atoms with Gasteiger partial charge in [-0.2, -0.15) is 5.10 Å². The molecule has 0 N–H and O–H groups in total. The van der Waals surface area contributed by atoms with Crippen molar-refractivity contribution in [3.8, 4) is 5.75 Å². The molecule has 26 heavy (non-hydrogen) atoms. The van der Waals surface area contributed by atoms with Crippen molar-refractivity contribution in [3.05, 3.63) is 75.2 Å². The number of benzene rings is 2. The number of methoxy groups -OCH3 is 1. The van der Waals surface area contributed by atoms with Crippen LogP contribution in [0.25, 0.3) is 0 Å². The molecule has 0 spiro atoms. The molecule has 1 aliphatic heterocycles. The summed E-state index contributed by atoms with van der Waals surface area (Å²) in [5.41, 5.74) is 4.41. The van der Waals surface area contributed by atoms with Gasteiger partial charge in [-0.15, -0.1) is 11.3 Å². The van der Waals surface area contributed by atoms with Crippen molar-refractivity contribution in [1.29, 1.82) is 0 Å². The second kappa shape index (κ2) is 7.21. The molecule has 0 fully saturated rings. The summed E-state index contributed by atoms with van der Waals surface area (Å²) in [7, 11) is 1.68. The Morgan fingerprint density at radius 1 is 1.19 bits per heavy atom. The smallest absolute Gasteiger partial charge is 0.206 e. The molecule has 1 aromatic heterocycles. The Kier molecular flexibility index (Phi) is 4.78. The van der Waals surface area contributed by atoms with Gasteiger partial charge in [0.25, 0.3) is 0 Å². The van der Waals surface area contributed by atoms with Crippen molar-refractivity contribution in [2.24, 2.45) is 5.10 Å². The second-order valence-corrected chi connectivity index (χ2v) is 7.92. The minimum atomic E-state index is 0.134. The molecule has 132 valence electrons. The van der Waals surface area contributed by atoms with Crippen LogP contribution in [0.1, 0.15) is 29.3 Å². The first-order valence-electron chi connectivity index (χ1n) is 8.33. The fraction of sp³-hybridized carbons (Fsp3) is 0.200. The number of hydrogen-bond donors (Lipinski definition) is 0. The quantitative estimate of drug-likeness (QED) is 0.545. The van der Waals surface area contributed by atoms with E-state index >= 15 is 0 Å². The van der Waals surface area contributed by atoms with Gasteiger partial charge in [-0.25, -0.2) is 9.99 Å². The van der Waals surface area contributed by atoms with E-state index in [-0.39, 0.29) is 6.04 Å². The van der Waals surface area contributed by atoms with Crippen LogP contribution >= 0.6 is 27.3 Å². The van der Waals surface area contributed by atoms with E-state index in [0.717, 1.165) is 38.7 Å². The first-order chi connectivity index (χ1) is 12.6. The number of nitrogens with zero attached hydrogens (tertiary/aromatic N) is 3. The molecular formula is C20H18BrN3OS. The molecular weight excluding hydrogens is 410 g/mol. The summed E-state index contributed by atoms with van der Waals surface area (Å²) >= 11 is 5.21. The van der Waals surface area contributed by atoms with E-state index < -0.39 is 0 Å². The fourth-order valence-corrected chi connectivity index (χ4v) is 4.28. The lowest BCUT2D eigenvalue weighted by Gasteiger charge is -2.21. The number of aromatic nitrogens is 1. The molecule has 1 aliphatic rings. The van der Waals surface area contributed by atoms with E-state index in [2.05, 4.69) is 61.6 Å². The third-order valence-corrected chi connectivity index (χ3v) is 5.81. The Balaban J connectivity index is 1.72. The molecule has 0 bridgehead atoms. The average molecular weight is 428 g/mol. The number of aryl methyl sites for hydroxylation is 1. The van der Waals surface area contributed by atoms with Crippen LogP contribution in [0.5, 0.6) is 5.75 Å². The molecule has 0 amide bonds. The lowest BCUT2D eigenvalue weighted by molar-refractivity contribution is 0.415. The van der Waals surface area contributed by atoms with Crippen LogP contribution in [0.2, 0.25) is 0 Å². The van der Waals surface area contributed by atoms with Crippen LogP contribution in [-0.4, -0.2) is 17.8 Å². The van der Waals surface area contributed by atoms with Gasteiger partial charge in [-0.05, 0) is 54.4 Å². The number of thiazole rings is 1. The summed E-state index contributed by atoms with van der Waals surface area (Å²) in [6, 6.07) is 16.6. The number of ether oxygens (including phenoxy) is 1. The van der Waals surface area contributed by atoms with Gasteiger partial charge in [0.1, 0.15) is 5.75 Å². The fourth-order valence-electron chi connectivity index (χ4n) is 3.06. The van der Waals surface area contributed by atoms with Gasteiger partial charge < -0.3 is 4.74 Å². The maximum absolute atomic E-state index is 5.26. The first-order valence-corrected chi connectivity index (χ1v) is 10.00. The number of hydrogen-bond acceptors (Lipinski definition) is 5. The van der Waals surface area contributed by atoms with Crippen molar-refractivity contribution in [2.75, 3.05) is 12.1 Å². The summed E-state index contributed by atoms with van der Waals surface area (Å²) < 4.78 is 6.34. The highest BCUT2D eigenvalue weighted by Gasteiger charge is 2.31. The molecule has 0 unspecified atom stereocenters. The van der Waals surface area contributed by atoms with Crippen molar-refractivity contribution >= 4 is 38.1 Å². The molecule has 0 saturated heterocycles. The van der Waals surface area contributed by atoms with E-state index in [1.807, 2.05) is 25.1 Å². The zero-order valence-electron chi connectivity index (χ0n) is 14.5. The zero-order chi connectivity index (χ0) is 18.1. The Morgan fingerprint density at radius 2 is 2.00 bits per heavy atom. The standard InChI is InChI=1S/C20H18BrN3OS/c1-13-12-26-20(22-13)24-19(15-4-3-5-16(21)10-15)11-18(23-24)14-6-8-17(25-2)9-7-14/h3-10,12,19H,11H2,1-2H3/t19-/m0/s1. The van der Waals surface area contributed by atoms with Gasteiger partial charge in [-0.3, -0.25) is 0 Å². The van der Waals surface area contributed by atoms with E-state index in [1.54, 1.807) is 18.4 Å². The van der Waals surface area contributed by atoms with Gasteiger partial charge in [0.2, 0.25) is 5.13 Å². The van der Waals surface area contributed by atoms with Crippen LogP contribution in [0.15, 0.2) is 63.5 Å². The Morgan fingerprint density at radius 3 is 2.65 bits per heavy atom. The molecule has 3 aromatic rings. The molecule has 2 heterocycles. The largest absolute Gasteiger partial charge is 0.497 e. The third kappa shape index (κ3) is 3.39. The van der Waals surface area contributed by atoms with Crippen LogP contribution in [0, 0.1) is 6.92 Å². The van der Waals surface area contributed by atoms with E-state index in [4.69, 9.17) is 9.84 Å². The highest BCUT2D eigenvalue weighted by Crippen LogP contribution is 2.38. The lowest BCUT2D eigenvalue weighted by Crippen LogP contribution is -2.18. The summed E-state index contributed by atoms with van der Waals surface area (Å²) in [5, 5.41) is 9.97. The Hall–Kier alpha value is -2.18. The van der Waals surface area contributed by atoms with Crippen molar-refractivity contribution in [3.63, 3.8) is 0 Å². The maximum atomic E-state index is 5.26. The van der Waals surface area contributed by atoms with E-state index in [0.29, 0.717) is 0 Å². The molecule has 1 atom stereocenters. The average Bonchev–Trinajstić information content (AvgIpc) is 3.28. The van der Waals surface area contributed by atoms with Crippen molar-refractivity contribution < 1.29 is 4.74 Å². The number of anilines is 1. The van der Waals surface area contributed by atoms with Crippen molar-refractivity contribution in [1.82, 2.24) is 4.98 Å². The SMILES string of the molecule is COc1ccc(C2=NN(c3nc(C)cs3)[C@H](c3cccc(Br)c3)C2)cc1. The summed E-state index contributed by atoms with van der Waals surface area (Å²) in [6.45, 7) is 2.01. The molecule has 2 aromatic carbocycles. The summed E-state index contributed by atoms with van der Waals surface area (Å²) in [5.74, 6) is 0.850. The molecule has 4 rings (SSSR count). The molecule has 4 nitrogen and oxygen atoms in total. The highest BCUT2D eigenvalue weighted by atomic mass is 79.9. The third-order valence-electron chi connectivity index (χ3n) is 4.37. The van der Waals surface area contributed by atoms with Gasteiger partial charge in [-0.1, -0.05) is 28.1 Å². The van der Waals surface area contributed by atoms with Gasteiger partial charge in [0, 0.05) is 16.3 Å². The van der Waals surface area contributed by atoms with Crippen molar-refractivity contribution in [2.45, 2.75) is 19.4 Å². The summed E-state index contributed by atoms with van der Waals surface area (Å²) in [4.78, 5) is 4.65. The van der Waals surface area contributed by atoms with Gasteiger partial charge in [0.15, 0.2) is 0 Å². The minimum absolute atomic E-state index is 0.134. The summed E-state index contributed by atoms with van der Waals surface area (Å²) in [6.07, 6.45) is 0.835. The lowest BCUT2D eigenvalue weighted by atomic mass is 9.98. The van der Waals surface area contributed by atoms with Gasteiger partial charge >= 0.3 is 0 Å². The number of halogens is 1. The minimum Gasteiger partial charge on any atom is -0.497 e. The normalized spacial score (nSPS) is 16.7. The van der Waals surface area contributed by atoms with Gasteiger partial charge in [0.05, 0.1) is 24.6 Å². The van der Waals surface area contributed by atoms with Crippen LogP contribution in [0.3, 0.4) is 0 Å². The van der Waals surface area contributed by atoms with E-state index in [1.165, 1.54) is 5.56 Å². The zero-order valence-corrected chi connectivity index (χ0v) is 16.9. The monoisotopic (exact) mass is 427 g/mol. The highest BCUT2D eigenvalue weighted by molar-refractivity contribution is 9.10. The number of rotatable bonds is 4. The first kappa shape index (κ1) is 17.2. The Bertz CT molecular complexity index is 952. The molecule has 6 heteroatoms. The molecule has 0 aliphatic carbocycles. The van der Waals surface area contributed by atoms with E-state index in [9.17, 15) is 0 Å². The molecule has 0 radical (unpaired) electrons. The van der Waals surface area contributed by atoms with Crippen LogP contribution in [0.4, 0.5) is 5.13 Å². The maximum Gasteiger partial charge on any atom is 0.206 e. The predicted octanol–water partition coefficient (Wildman–Crippen LogP) is 5.58. The second-order valence-electron chi connectivity index (χ2n) is 6.17. The molecule has 0 saturated carbocycles. The number of hydrazone groups is 1. The van der Waals surface area contributed by atoms with Crippen LogP contribution in [-0.2, 0) is 0 Å². The Labute approximate surface area is 165 Å². The van der Waals surface area contributed by atoms with Crippen LogP contribution < -0.4 is 9.75 Å². The topological polar surface area (TPSA) is 37.7 Å².